The van der Waals surface area contributed by atoms with Crippen LogP contribution in [0.15, 0.2) is 6.07 Å². The smallest absolute Gasteiger partial charge is 0.337 e. The van der Waals surface area contributed by atoms with Crippen molar-refractivity contribution < 1.29 is 29.2 Å². The summed E-state index contributed by atoms with van der Waals surface area (Å²) in [6, 6.07) is 0.986. The number of hydrogen-bond donors (Lipinski definition) is 3. The van der Waals surface area contributed by atoms with Crippen LogP contribution in [0.4, 0.5) is 4.39 Å². The van der Waals surface area contributed by atoms with Crippen LogP contribution in [0.25, 0.3) is 0 Å². The van der Waals surface area contributed by atoms with Crippen LogP contribution in [0.5, 0.6) is 11.5 Å². The predicted molar refractivity (Wildman–Crippen MR) is 51.9 cm³/mol. The quantitative estimate of drug-likeness (QED) is 0.720. The lowest BCUT2D eigenvalue weighted by Gasteiger charge is -2.14. The Morgan fingerprint density at radius 1 is 1.56 bits per heavy atom. The van der Waals surface area contributed by atoms with E-state index in [1.54, 1.807) is 0 Å². The molecule has 0 heterocycles. The zero-order valence-electron chi connectivity index (χ0n) is 8.69. The average Bonchev–Trinajstić information content (AvgIpc) is 2.17. The second kappa shape index (κ2) is 4.36. The molecule has 1 unspecified atom stereocenters. The number of rotatable bonds is 3. The minimum atomic E-state index is -1.92. The summed E-state index contributed by atoms with van der Waals surface area (Å²) in [4.78, 5) is 10.6. The number of aryl methyl sites for hydroxylation is 1. The van der Waals surface area contributed by atoms with Gasteiger partial charge in [0.15, 0.2) is 23.4 Å². The zero-order valence-corrected chi connectivity index (χ0v) is 8.69. The molecule has 0 saturated heterocycles. The van der Waals surface area contributed by atoms with Crippen molar-refractivity contribution in [1.82, 2.24) is 0 Å². The van der Waals surface area contributed by atoms with Gasteiger partial charge in [0.2, 0.25) is 0 Å². The van der Waals surface area contributed by atoms with Crippen molar-refractivity contribution in [3.05, 3.63) is 23.0 Å². The van der Waals surface area contributed by atoms with E-state index in [-0.39, 0.29) is 11.1 Å². The van der Waals surface area contributed by atoms with E-state index >= 15 is 0 Å². The Balaban J connectivity index is 3.45. The van der Waals surface area contributed by atoms with E-state index in [4.69, 9.17) is 5.11 Å². The Bertz CT molecular complexity index is 430. The Labute approximate surface area is 90.7 Å². The Kier molecular flexibility index (Phi) is 3.34. The van der Waals surface area contributed by atoms with Gasteiger partial charge in [-0.25, -0.2) is 9.18 Å². The van der Waals surface area contributed by atoms with Gasteiger partial charge in [0.1, 0.15) is 0 Å². The SMILES string of the molecule is COc1c(F)cc(C)c(C(O)C(=O)O)c1O. The Hall–Kier alpha value is -1.82. The summed E-state index contributed by atoms with van der Waals surface area (Å²) >= 11 is 0. The largest absolute Gasteiger partial charge is 0.504 e. The molecule has 1 aromatic rings. The maximum Gasteiger partial charge on any atom is 0.337 e. The van der Waals surface area contributed by atoms with Gasteiger partial charge < -0.3 is 20.1 Å². The van der Waals surface area contributed by atoms with Crippen molar-refractivity contribution in [2.75, 3.05) is 7.11 Å². The maximum absolute atomic E-state index is 13.2. The van der Waals surface area contributed by atoms with Gasteiger partial charge in [0.25, 0.3) is 0 Å². The number of benzene rings is 1. The number of phenolic OH excluding ortho intramolecular Hbond substituents is 1. The first-order valence-electron chi connectivity index (χ1n) is 4.37. The van der Waals surface area contributed by atoms with Crippen LogP contribution in [0.3, 0.4) is 0 Å². The summed E-state index contributed by atoms with van der Waals surface area (Å²) in [6.45, 7) is 1.38. The molecule has 1 aromatic carbocycles. The van der Waals surface area contributed by atoms with Gasteiger partial charge in [-0.3, -0.25) is 0 Å². The minimum Gasteiger partial charge on any atom is -0.504 e. The first-order valence-corrected chi connectivity index (χ1v) is 4.37. The van der Waals surface area contributed by atoms with Crippen LogP contribution >= 0.6 is 0 Å². The summed E-state index contributed by atoms with van der Waals surface area (Å²) in [7, 11) is 1.13. The molecule has 0 fully saturated rings. The average molecular weight is 230 g/mol. The van der Waals surface area contributed by atoms with E-state index in [1.165, 1.54) is 6.92 Å². The molecular formula is C10H11FO5. The third kappa shape index (κ3) is 1.92. The van der Waals surface area contributed by atoms with Gasteiger partial charge in [0, 0.05) is 5.56 Å². The minimum absolute atomic E-state index is 0.130. The molecule has 0 aromatic heterocycles. The highest BCUT2D eigenvalue weighted by atomic mass is 19.1. The number of carboxylic acids is 1. The third-order valence-electron chi connectivity index (χ3n) is 2.17. The number of aromatic hydroxyl groups is 1. The molecule has 0 aliphatic rings. The highest BCUT2D eigenvalue weighted by Crippen LogP contribution is 2.38. The van der Waals surface area contributed by atoms with E-state index in [9.17, 15) is 19.4 Å². The summed E-state index contributed by atoms with van der Waals surface area (Å²) < 4.78 is 17.8. The fraction of sp³-hybridized carbons (Fsp3) is 0.300. The first-order chi connectivity index (χ1) is 7.40. The summed E-state index contributed by atoms with van der Waals surface area (Å²) in [5.74, 6) is -3.54. The van der Waals surface area contributed by atoms with Gasteiger partial charge in [-0.05, 0) is 18.6 Å². The molecule has 0 radical (unpaired) electrons. The van der Waals surface area contributed by atoms with Gasteiger partial charge in [0.05, 0.1) is 7.11 Å². The van der Waals surface area contributed by atoms with E-state index < -0.39 is 29.4 Å². The lowest BCUT2D eigenvalue weighted by Crippen LogP contribution is -2.13. The number of aliphatic hydroxyl groups is 1. The molecule has 0 aliphatic heterocycles. The monoisotopic (exact) mass is 230 g/mol. The van der Waals surface area contributed by atoms with Crippen LogP contribution in [-0.2, 0) is 4.79 Å². The molecule has 3 N–H and O–H groups in total. The van der Waals surface area contributed by atoms with Gasteiger partial charge in [-0.2, -0.15) is 0 Å². The number of phenols is 1. The standard InChI is InChI=1S/C10H11FO5/c1-4-3-5(11)9(16-2)7(12)6(4)8(13)10(14)15/h3,8,12-13H,1-2H3,(H,14,15). The lowest BCUT2D eigenvalue weighted by atomic mass is 10.0. The zero-order chi connectivity index (χ0) is 12.5. The van der Waals surface area contributed by atoms with Crippen LogP contribution in [-0.4, -0.2) is 28.4 Å². The molecule has 1 atom stereocenters. The fourth-order valence-corrected chi connectivity index (χ4v) is 1.42. The summed E-state index contributed by atoms with van der Waals surface area (Å²) in [5.41, 5.74) is -0.142. The normalized spacial score (nSPS) is 12.2. The molecule has 0 amide bonds. The number of carbonyl (C=O) groups is 1. The Morgan fingerprint density at radius 3 is 2.56 bits per heavy atom. The van der Waals surface area contributed by atoms with Crippen LogP contribution in [0.1, 0.15) is 17.2 Å². The molecule has 5 nitrogen and oxygen atoms in total. The summed E-state index contributed by atoms with van der Waals surface area (Å²) in [5, 5.41) is 27.5. The first kappa shape index (κ1) is 12.3. The number of methoxy groups -OCH3 is 1. The van der Waals surface area contributed by atoms with E-state index in [0.29, 0.717) is 0 Å². The van der Waals surface area contributed by atoms with Gasteiger partial charge in [-0.1, -0.05) is 0 Å². The van der Waals surface area contributed by atoms with Crippen molar-refractivity contribution in [1.29, 1.82) is 0 Å². The predicted octanol–water partition coefficient (Wildman–Crippen LogP) is 0.966. The third-order valence-corrected chi connectivity index (χ3v) is 2.17. The number of halogens is 1. The highest BCUT2D eigenvalue weighted by molar-refractivity contribution is 5.76. The number of aliphatic carboxylic acids is 1. The van der Waals surface area contributed by atoms with Gasteiger partial charge in [-0.15, -0.1) is 0 Å². The van der Waals surface area contributed by atoms with E-state index in [0.717, 1.165) is 13.2 Å². The molecule has 0 bridgehead atoms. The highest BCUT2D eigenvalue weighted by Gasteiger charge is 2.26. The second-order valence-electron chi connectivity index (χ2n) is 3.21. The number of aliphatic hydroxyl groups excluding tert-OH is 1. The van der Waals surface area contributed by atoms with Crippen LogP contribution in [0.2, 0.25) is 0 Å². The molecule has 0 saturated carbocycles. The molecule has 0 spiro atoms. The number of hydrogen-bond acceptors (Lipinski definition) is 4. The molecule has 6 heteroatoms. The molecule has 16 heavy (non-hydrogen) atoms. The van der Waals surface area contributed by atoms with Crippen molar-refractivity contribution in [3.63, 3.8) is 0 Å². The number of carboxylic acid groups (broad SMARTS) is 1. The lowest BCUT2D eigenvalue weighted by molar-refractivity contribution is -0.147. The Morgan fingerprint density at radius 2 is 2.12 bits per heavy atom. The number of ether oxygens (including phenoxy) is 1. The van der Waals surface area contributed by atoms with Crippen molar-refractivity contribution in [2.45, 2.75) is 13.0 Å². The fourth-order valence-electron chi connectivity index (χ4n) is 1.42. The van der Waals surface area contributed by atoms with Crippen molar-refractivity contribution in [3.8, 4) is 11.5 Å². The van der Waals surface area contributed by atoms with Crippen molar-refractivity contribution >= 4 is 5.97 Å². The van der Waals surface area contributed by atoms with Crippen LogP contribution < -0.4 is 4.74 Å². The topological polar surface area (TPSA) is 87.0 Å². The van der Waals surface area contributed by atoms with Crippen LogP contribution in [0, 0.1) is 12.7 Å². The van der Waals surface area contributed by atoms with Crippen molar-refractivity contribution in [2.24, 2.45) is 0 Å². The summed E-state index contributed by atoms with van der Waals surface area (Å²) in [6.07, 6.45) is -1.92. The van der Waals surface area contributed by atoms with E-state index in [1.807, 2.05) is 0 Å². The molecular weight excluding hydrogens is 219 g/mol. The van der Waals surface area contributed by atoms with Gasteiger partial charge >= 0.3 is 5.97 Å². The molecule has 1 rings (SSSR count). The van der Waals surface area contributed by atoms with E-state index in [2.05, 4.69) is 4.74 Å². The maximum atomic E-state index is 13.2. The molecule has 0 aliphatic carbocycles. The second-order valence-corrected chi connectivity index (χ2v) is 3.21. The molecule has 88 valence electrons.